The van der Waals surface area contributed by atoms with E-state index in [2.05, 4.69) is 22.6 Å². The molecule has 2 aliphatic heterocycles. The molecule has 1 aromatic rings. The number of halogens is 1. The second-order valence-electron chi connectivity index (χ2n) is 6.45. The van der Waals surface area contributed by atoms with E-state index in [1.165, 1.54) is 7.11 Å². The maximum Gasteiger partial charge on any atom is 0.294 e. The Morgan fingerprint density at radius 2 is 1.89 bits per heavy atom. The average molecular weight is 516 g/mol. The van der Waals surface area contributed by atoms with Gasteiger partial charge in [-0.3, -0.25) is 19.3 Å². The van der Waals surface area contributed by atoms with Crippen molar-refractivity contribution in [2.75, 3.05) is 33.9 Å². The monoisotopic (exact) mass is 516 g/mol. The number of benzene rings is 1. The van der Waals surface area contributed by atoms with Gasteiger partial charge in [-0.1, -0.05) is 0 Å². The molecule has 3 rings (SSSR count). The first-order valence-electron chi connectivity index (χ1n) is 8.89. The van der Waals surface area contributed by atoms with Crippen LogP contribution in [-0.4, -0.2) is 60.7 Å². The number of carbonyl (C=O) groups is 3. The summed E-state index contributed by atoms with van der Waals surface area (Å²) in [4.78, 5) is 40.5. The predicted molar refractivity (Wildman–Crippen MR) is 115 cm³/mol. The smallest absolute Gasteiger partial charge is 0.294 e. The molecule has 1 aromatic carbocycles. The number of nitrogens with zero attached hydrogens (tertiary/aromatic N) is 2. The second-order valence-corrected chi connectivity index (χ2v) is 8.60. The van der Waals surface area contributed by atoms with E-state index >= 15 is 0 Å². The molecule has 2 aliphatic rings. The lowest BCUT2D eigenvalue weighted by Gasteiger charge is -2.27. The lowest BCUT2D eigenvalue weighted by Crippen LogP contribution is -2.44. The summed E-state index contributed by atoms with van der Waals surface area (Å²) in [5.74, 6) is 0.537. The van der Waals surface area contributed by atoms with Crippen LogP contribution in [0.4, 0.5) is 4.79 Å². The fourth-order valence-corrected chi connectivity index (χ4v) is 4.87. The summed E-state index contributed by atoms with van der Waals surface area (Å²) in [5.41, 5.74) is 0.718. The summed E-state index contributed by atoms with van der Waals surface area (Å²) < 4.78 is 11.5. The summed E-state index contributed by atoms with van der Waals surface area (Å²) in [7, 11) is 3.10. The van der Waals surface area contributed by atoms with Gasteiger partial charge in [-0.2, -0.15) is 0 Å². The van der Waals surface area contributed by atoms with Crippen molar-refractivity contribution in [2.45, 2.75) is 19.3 Å². The van der Waals surface area contributed by atoms with Crippen molar-refractivity contribution in [1.82, 2.24) is 9.80 Å². The van der Waals surface area contributed by atoms with E-state index in [1.807, 2.05) is 6.07 Å². The van der Waals surface area contributed by atoms with Crippen molar-refractivity contribution in [3.63, 3.8) is 0 Å². The zero-order valence-electron chi connectivity index (χ0n) is 15.7. The molecule has 2 heterocycles. The number of hydrogen-bond donors (Lipinski definition) is 0. The van der Waals surface area contributed by atoms with E-state index in [0.29, 0.717) is 29.5 Å². The number of imide groups is 1. The van der Waals surface area contributed by atoms with Crippen LogP contribution in [0.15, 0.2) is 17.0 Å². The fourth-order valence-electron chi connectivity index (χ4n) is 3.19. The molecule has 28 heavy (non-hydrogen) atoms. The van der Waals surface area contributed by atoms with Gasteiger partial charge in [-0.05, 0) is 77.4 Å². The van der Waals surface area contributed by atoms with Crippen LogP contribution in [0.5, 0.6) is 11.5 Å². The SMILES string of the molecule is COc1cc(/C=C2\SC(=O)N(CC(=O)N3CCCCC3)C2=O)cc(I)c1OC. The Balaban J connectivity index is 1.77. The fraction of sp³-hybridized carbons (Fsp3) is 0.421. The van der Waals surface area contributed by atoms with E-state index in [4.69, 9.17) is 9.47 Å². The number of likely N-dealkylation sites (tertiary alicyclic amines) is 1. The number of methoxy groups -OCH3 is 2. The Morgan fingerprint density at radius 1 is 1.18 bits per heavy atom. The van der Waals surface area contributed by atoms with Gasteiger partial charge in [0.25, 0.3) is 11.1 Å². The van der Waals surface area contributed by atoms with Crippen LogP contribution in [0, 0.1) is 3.57 Å². The third-order valence-corrected chi connectivity index (χ3v) is 6.34. The first-order chi connectivity index (χ1) is 13.4. The third-order valence-electron chi connectivity index (χ3n) is 4.63. The van der Waals surface area contributed by atoms with Gasteiger partial charge in [0.15, 0.2) is 11.5 Å². The average Bonchev–Trinajstić information content (AvgIpc) is 2.95. The Morgan fingerprint density at radius 3 is 2.54 bits per heavy atom. The van der Waals surface area contributed by atoms with Gasteiger partial charge >= 0.3 is 0 Å². The predicted octanol–water partition coefficient (Wildman–Crippen LogP) is 3.36. The molecule has 0 bridgehead atoms. The number of ether oxygens (including phenoxy) is 2. The number of carbonyl (C=O) groups excluding carboxylic acids is 3. The summed E-state index contributed by atoms with van der Waals surface area (Å²) in [6.45, 7) is 1.18. The van der Waals surface area contributed by atoms with Crippen molar-refractivity contribution >= 4 is 57.5 Å². The molecule has 0 radical (unpaired) electrons. The minimum Gasteiger partial charge on any atom is -0.493 e. The highest BCUT2D eigenvalue weighted by molar-refractivity contribution is 14.1. The van der Waals surface area contributed by atoms with Crippen LogP contribution in [0.2, 0.25) is 0 Å². The van der Waals surface area contributed by atoms with Gasteiger partial charge in [0.05, 0.1) is 22.7 Å². The van der Waals surface area contributed by atoms with Crippen molar-refractivity contribution in [3.8, 4) is 11.5 Å². The molecule has 0 spiro atoms. The van der Waals surface area contributed by atoms with Gasteiger partial charge in [-0.15, -0.1) is 0 Å². The zero-order valence-corrected chi connectivity index (χ0v) is 18.7. The number of amides is 3. The van der Waals surface area contributed by atoms with Gasteiger partial charge in [-0.25, -0.2) is 0 Å². The minimum atomic E-state index is -0.440. The largest absolute Gasteiger partial charge is 0.493 e. The Hall–Kier alpha value is -1.75. The molecule has 150 valence electrons. The van der Waals surface area contributed by atoms with Gasteiger partial charge in [0.1, 0.15) is 6.54 Å². The van der Waals surface area contributed by atoms with E-state index < -0.39 is 11.1 Å². The molecule has 0 N–H and O–H groups in total. The number of rotatable bonds is 5. The molecule has 0 saturated carbocycles. The van der Waals surface area contributed by atoms with Crippen molar-refractivity contribution in [1.29, 1.82) is 0 Å². The van der Waals surface area contributed by atoms with Gasteiger partial charge in [0, 0.05) is 13.1 Å². The molecule has 3 amide bonds. The molecule has 0 aromatic heterocycles. The highest BCUT2D eigenvalue weighted by Gasteiger charge is 2.37. The number of piperidine rings is 1. The summed E-state index contributed by atoms with van der Waals surface area (Å²) in [6.07, 6.45) is 4.68. The van der Waals surface area contributed by atoms with Crippen LogP contribution in [0.25, 0.3) is 6.08 Å². The molecular weight excluding hydrogens is 495 g/mol. The Kier molecular flexibility index (Phi) is 6.86. The molecule has 0 unspecified atom stereocenters. The first-order valence-corrected chi connectivity index (χ1v) is 10.8. The Bertz CT molecular complexity index is 836. The first kappa shape index (κ1) is 21.0. The molecule has 7 nitrogen and oxygen atoms in total. The molecular formula is C19H21IN2O5S. The second kappa shape index (κ2) is 9.17. The zero-order chi connectivity index (χ0) is 20.3. The molecule has 0 aliphatic carbocycles. The standard InChI is InChI=1S/C19H21IN2O5S/c1-26-14-9-12(8-13(20)17(14)27-2)10-15-18(24)22(19(25)28-15)11-16(23)21-6-4-3-5-7-21/h8-10H,3-7,11H2,1-2H3/b15-10-. The maximum atomic E-state index is 12.7. The highest BCUT2D eigenvalue weighted by Crippen LogP contribution is 2.37. The number of hydrogen-bond acceptors (Lipinski definition) is 6. The summed E-state index contributed by atoms with van der Waals surface area (Å²) in [5, 5.41) is -0.420. The third kappa shape index (κ3) is 4.45. The molecule has 2 fully saturated rings. The molecule has 9 heteroatoms. The quantitative estimate of drug-likeness (QED) is 0.442. The van der Waals surface area contributed by atoms with E-state index in [9.17, 15) is 14.4 Å². The van der Waals surface area contributed by atoms with Crippen molar-refractivity contribution in [3.05, 3.63) is 26.2 Å². The summed E-state index contributed by atoms with van der Waals surface area (Å²) >= 11 is 2.97. The van der Waals surface area contributed by atoms with Crippen molar-refractivity contribution in [2.24, 2.45) is 0 Å². The molecule has 2 saturated heterocycles. The highest BCUT2D eigenvalue weighted by atomic mass is 127. The van der Waals surface area contributed by atoms with Crippen LogP contribution in [0.3, 0.4) is 0 Å². The van der Waals surface area contributed by atoms with E-state index in [0.717, 1.165) is 45.1 Å². The van der Waals surface area contributed by atoms with Crippen molar-refractivity contribution < 1.29 is 23.9 Å². The molecule has 0 atom stereocenters. The summed E-state index contributed by atoms with van der Waals surface area (Å²) in [6, 6.07) is 3.59. The topological polar surface area (TPSA) is 76.2 Å². The van der Waals surface area contributed by atoms with Crippen LogP contribution in [-0.2, 0) is 9.59 Å². The van der Waals surface area contributed by atoms with Gasteiger partial charge in [0.2, 0.25) is 5.91 Å². The number of thioether (sulfide) groups is 1. The van der Waals surface area contributed by atoms with Crippen LogP contribution in [0.1, 0.15) is 24.8 Å². The Labute approximate surface area is 181 Å². The van der Waals surface area contributed by atoms with Crippen LogP contribution < -0.4 is 9.47 Å². The lowest BCUT2D eigenvalue weighted by atomic mass is 10.1. The van der Waals surface area contributed by atoms with E-state index in [-0.39, 0.29) is 12.5 Å². The lowest BCUT2D eigenvalue weighted by molar-refractivity contribution is -0.136. The van der Waals surface area contributed by atoms with Gasteiger partial charge < -0.3 is 14.4 Å². The normalized spacial score (nSPS) is 18.8. The maximum absolute atomic E-state index is 12.7. The van der Waals surface area contributed by atoms with E-state index in [1.54, 1.807) is 24.2 Å². The van der Waals surface area contributed by atoms with Crippen LogP contribution >= 0.6 is 34.4 Å². The minimum absolute atomic E-state index is 0.177.